The zero-order valence-electron chi connectivity index (χ0n) is 22.3. The third-order valence-corrected chi connectivity index (χ3v) is 9.44. The summed E-state index contributed by atoms with van der Waals surface area (Å²) < 4.78 is 44.1. The van der Waals surface area contributed by atoms with Crippen LogP contribution in [0.25, 0.3) is 0 Å². The lowest BCUT2D eigenvalue weighted by molar-refractivity contribution is 0.0143. The van der Waals surface area contributed by atoms with E-state index in [-0.39, 0.29) is 23.5 Å². The van der Waals surface area contributed by atoms with Gasteiger partial charge in [-0.05, 0) is 49.7 Å². The molecule has 0 saturated carbocycles. The number of fused-ring (bicyclic) bond motifs is 1. The van der Waals surface area contributed by atoms with E-state index >= 15 is 0 Å². The molecule has 12 heteroatoms. The predicted octanol–water partition coefficient (Wildman–Crippen LogP) is 1.76. The molecule has 212 valence electrons. The maximum absolute atomic E-state index is 13.1. The maximum atomic E-state index is 13.1. The van der Waals surface area contributed by atoms with Gasteiger partial charge in [-0.15, -0.1) is 0 Å². The van der Waals surface area contributed by atoms with Crippen LogP contribution in [0, 0.1) is 5.41 Å². The van der Waals surface area contributed by atoms with Crippen molar-refractivity contribution >= 4 is 22.0 Å². The molecule has 1 amide bonds. The Bertz CT molecular complexity index is 1290. The van der Waals surface area contributed by atoms with Gasteiger partial charge >= 0.3 is 16.1 Å². The monoisotopic (exact) mass is 560 g/mol. The van der Waals surface area contributed by atoms with Crippen LogP contribution in [0.15, 0.2) is 30.3 Å². The summed E-state index contributed by atoms with van der Waals surface area (Å²) in [5, 5.41) is 6.84. The number of carbonyl (C=O) groups excluding carboxylic acids is 2. The summed E-state index contributed by atoms with van der Waals surface area (Å²) in [4.78, 5) is 27.3. The average molecular weight is 561 g/mol. The van der Waals surface area contributed by atoms with Gasteiger partial charge in [0.1, 0.15) is 0 Å². The SMILES string of the molecule is CCc1nn(CCCN2CCOCC2S(=O)(=O)OC(=O)c2ccccc2)c2c1C(=O)NCC1(CCOCC1)C2. The second kappa shape index (κ2) is 11.7. The topological polar surface area (TPSA) is 129 Å². The van der Waals surface area contributed by atoms with Crippen molar-refractivity contribution in [1.29, 1.82) is 0 Å². The van der Waals surface area contributed by atoms with Crippen molar-refractivity contribution < 1.29 is 31.7 Å². The third kappa shape index (κ3) is 6.03. The number of aryl methyl sites for hydroxylation is 2. The fourth-order valence-corrected chi connectivity index (χ4v) is 6.96. The van der Waals surface area contributed by atoms with E-state index in [1.54, 1.807) is 23.1 Å². The quantitative estimate of drug-likeness (QED) is 0.480. The normalized spacial score (nSPS) is 21.7. The Morgan fingerprint density at radius 3 is 2.67 bits per heavy atom. The molecular formula is C27H36N4O7S. The lowest BCUT2D eigenvalue weighted by Crippen LogP contribution is -2.51. The van der Waals surface area contributed by atoms with Crippen LogP contribution in [0.4, 0.5) is 0 Å². The maximum Gasteiger partial charge on any atom is 0.353 e. The molecule has 1 aromatic carbocycles. The molecule has 1 atom stereocenters. The number of nitrogens with zero attached hydrogens (tertiary/aromatic N) is 3. The molecule has 4 heterocycles. The molecule has 3 aliphatic heterocycles. The lowest BCUT2D eigenvalue weighted by Gasteiger charge is -2.36. The number of hydrogen-bond donors (Lipinski definition) is 1. The van der Waals surface area contributed by atoms with Crippen LogP contribution in [-0.2, 0) is 43.2 Å². The highest BCUT2D eigenvalue weighted by Crippen LogP contribution is 2.37. The molecule has 5 rings (SSSR count). The van der Waals surface area contributed by atoms with Crippen LogP contribution >= 0.6 is 0 Å². The van der Waals surface area contributed by atoms with Gasteiger partial charge in [-0.3, -0.25) is 14.4 Å². The van der Waals surface area contributed by atoms with E-state index in [4.69, 9.17) is 18.8 Å². The zero-order chi connectivity index (χ0) is 27.5. The van der Waals surface area contributed by atoms with Crippen molar-refractivity contribution in [1.82, 2.24) is 20.0 Å². The number of amides is 1. The minimum Gasteiger partial charge on any atom is -0.381 e. The van der Waals surface area contributed by atoms with E-state index in [0.29, 0.717) is 64.4 Å². The number of ether oxygens (including phenoxy) is 2. The fraction of sp³-hybridized carbons (Fsp3) is 0.593. The lowest BCUT2D eigenvalue weighted by atomic mass is 9.76. The van der Waals surface area contributed by atoms with Gasteiger partial charge in [0.2, 0.25) is 0 Å². The molecule has 2 aromatic rings. The van der Waals surface area contributed by atoms with Crippen molar-refractivity contribution in [3.63, 3.8) is 0 Å². The van der Waals surface area contributed by atoms with E-state index < -0.39 is 21.5 Å². The summed E-state index contributed by atoms with van der Waals surface area (Å²) in [7, 11) is -4.26. The molecule has 11 nitrogen and oxygen atoms in total. The molecule has 0 bridgehead atoms. The minimum atomic E-state index is -4.26. The number of morpholine rings is 1. The van der Waals surface area contributed by atoms with Crippen molar-refractivity contribution in [3.05, 3.63) is 52.8 Å². The van der Waals surface area contributed by atoms with Crippen molar-refractivity contribution in [3.8, 4) is 0 Å². The Morgan fingerprint density at radius 2 is 1.92 bits per heavy atom. The van der Waals surface area contributed by atoms with Gasteiger partial charge < -0.3 is 19.0 Å². The van der Waals surface area contributed by atoms with Crippen LogP contribution in [0.1, 0.15) is 58.3 Å². The number of aromatic nitrogens is 2. The Hall–Kier alpha value is -2.80. The van der Waals surface area contributed by atoms with Crippen molar-refractivity contribution in [2.24, 2.45) is 5.41 Å². The van der Waals surface area contributed by atoms with E-state index in [2.05, 4.69) is 5.32 Å². The molecule has 0 aliphatic carbocycles. The summed E-state index contributed by atoms with van der Waals surface area (Å²) in [6, 6.07) is 8.05. The number of benzene rings is 1. The van der Waals surface area contributed by atoms with Crippen LogP contribution in [-0.4, -0.2) is 86.4 Å². The first-order chi connectivity index (χ1) is 18.8. The van der Waals surface area contributed by atoms with Crippen LogP contribution in [0.2, 0.25) is 0 Å². The number of nitrogens with one attached hydrogen (secondary N) is 1. The van der Waals surface area contributed by atoms with Gasteiger partial charge in [-0.1, -0.05) is 25.1 Å². The Labute approximate surface area is 228 Å². The summed E-state index contributed by atoms with van der Waals surface area (Å²) >= 11 is 0. The smallest absolute Gasteiger partial charge is 0.353 e. The van der Waals surface area contributed by atoms with Gasteiger partial charge in [0.05, 0.1) is 35.7 Å². The molecule has 39 heavy (non-hydrogen) atoms. The summed E-state index contributed by atoms with van der Waals surface area (Å²) in [5.74, 6) is -0.983. The van der Waals surface area contributed by atoms with Crippen LogP contribution < -0.4 is 5.32 Å². The van der Waals surface area contributed by atoms with Gasteiger partial charge in [0, 0.05) is 39.4 Å². The molecule has 0 radical (unpaired) electrons. The molecule has 2 fully saturated rings. The number of hydrogen-bond acceptors (Lipinski definition) is 9. The van der Waals surface area contributed by atoms with E-state index in [1.165, 1.54) is 12.1 Å². The molecule has 1 aromatic heterocycles. The van der Waals surface area contributed by atoms with Crippen LogP contribution in [0.3, 0.4) is 0 Å². The molecule has 3 aliphatic rings. The average Bonchev–Trinajstić information content (AvgIpc) is 3.22. The first kappa shape index (κ1) is 27.8. The van der Waals surface area contributed by atoms with Gasteiger partial charge in [-0.2, -0.15) is 13.5 Å². The second-order valence-corrected chi connectivity index (χ2v) is 12.2. The standard InChI is InChI=1S/C27H36N4O7S/c1-2-21-24-22(17-27(19-28-25(24)32)9-14-36-15-10-27)31(29-21)12-6-11-30-13-16-37-18-23(30)39(34,35)38-26(33)20-7-4-3-5-8-20/h3-5,7-8,23H,2,6,9-19H2,1H3,(H,28,32). The highest BCUT2D eigenvalue weighted by Gasteiger charge is 2.40. The summed E-state index contributed by atoms with van der Waals surface area (Å²) in [6.07, 6.45) is 3.77. The number of carbonyl (C=O) groups is 2. The molecule has 1 spiro atoms. The van der Waals surface area contributed by atoms with Crippen molar-refractivity contribution in [2.75, 3.05) is 46.1 Å². The minimum absolute atomic E-state index is 0.0477. The number of rotatable bonds is 8. The molecule has 1 unspecified atom stereocenters. The van der Waals surface area contributed by atoms with Gasteiger partial charge in [0.15, 0.2) is 5.37 Å². The first-order valence-corrected chi connectivity index (χ1v) is 15.1. The first-order valence-electron chi connectivity index (χ1n) is 13.6. The Balaban J connectivity index is 1.29. The summed E-state index contributed by atoms with van der Waals surface area (Å²) in [5.41, 5.74) is 2.54. The predicted molar refractivity (Wildman–Crippen MR) is 142 cm³/mol. The largest absolute Gasteiger partial charge is 0.381 e. The Morgan fingerprint density at radius 1 is 1.15 bits per heavy atom. The summed E-state index contributed by atoms with van der Waals surface area (Å²) in [6.45, 7) is 5.68. The van der Waals surface area contributed by atoms with E-state index in [9.17, 15) is 18.0 Å². The highest BCUT2D eigenvalue weighted by atomic mass is 32.2. The molecular weight excluding hydrogens is 524 g/mol. The van der Waals surface area contributed by atoms with Gasteiger partial charge in [-0.25, -0.2) is 4.79 Å². The van der Waals surface area contributed by atoms with Crippen LogP contribution in [0.5, 0.6) is 0 Å². The Kier molecular flexibility index (Phi) is 8.36. The third-order valence-electron chi connectivity index (χ3n) is 7.95. The molecule has 2 saturated heterocycles. The molecule has 1 N–H and O–H groups in total. The van der Waals surface area contributed by atoms with E-state index in [1.807, 2.05) is 11.6 Å². The van der Waals surface area contributed by atoms with Crippen molar-refractivity contribution in [2.45, 2.75) is 50.9 Å². The second-order valence-electron chi connectivity index (χ2n) is 10.5. The highest BCUT2D eigenvalue weighted by molar-refractivity contribution is 7.87. The van der Waals surface area contributed by atoms with E-state index in [0.717, 1.165) is 30.7 Å². The van der Waals surface area contributed by atoms with Gasteiger partial charge in [0.25, 0.3) is 5.91 Å². The zero-order valence-corrected chi connectivity index (χ0v) is 23.1. The fourth-order valence-electron chi connectivity index (χ4n) is 5.70.